The van der Waals surface area contributed by atoms with Gasteiger partial charge in [0.1, 0.15) is 0 Å². The lowest BCUT2D eigenvalue weighted by molar-refractivity contribution is 0.114. The lowest BCUT2D eigenvalue weighted by Gasteiger charge is -2.38. The molecule has 1 aromatic rings. The van der Waals surface area contributed by atoms with Crippen LogP contribution >= 0.6 is 0 Å². The fourth-order valence-electron chi connectivity index (χ4n) is 3.76. The van der Waals surface area contributed by atoms with Gasteiger partial charge in [-0.05, 0) is 25.2 Å². The van der Waals surface area contributed by atoms with Crippen LogP contribution in [0.15, 0.2) is 12.4 Å². The highest BCUT2D eigenvalue weighted by molar-refractivity contribution is 5.38. The highest BCUT2D eigenvalue weighted by Crippen LogP contribution is 2.25. The summed E-state index contributed by atoms with van der Waals surface area (Å²) < 4.78 is 5.87. The number of nitrogens with zero attached hydrogens (tertiary/aromatic N) is 4. The zero-order chi connectivity index (χ0) is 16.8. The van der Waals surface area contributed by atoms with Crippen LogP contribution < -0.4 is 9.64 Å². The molecule has 2 heterocycles. The molecule has 1 atom stereocenters. The van der Waals surface area contributed by atoms with Crippen molar-refractivity contribution >= 4 is 5.82 Å². The molecule has 1 aliphatic heterocycles. The SMILES string of the molecule is CCC(CO)N1CCN(c2cncc(OCC3CCCC3)n2)CC1. The topological polar surface area (TPSA) is 61.7 Å². The largest absolute Gasteiger partial charge is 0.476 e. The minimum Gasteiger partial charge on any atom is -0.476 e. The summed E-state index contributed by atoms with van der Waals surface area (Å²) >= 11 is 0. The maximum Gasteiger partial charge on any atom is 0.234 e. The highest BCUT2D eigenvalue weighted by Gasteiger charge is 2.23. The summed E-state index contributed by atoms with van der Waals surface area (Å²) in [4.78, 5) is 13.6. The lowest BCUT2D eigenvalue weighted by atomic mass is 10.1. The van der Waals surface area contributed by atoms with Gasteiger partial charge in [-0.15, -0.1) is 0 Å². The van der Waals surface area contributed by atoms with Crippen molar-refractivity contribution in [2.75, 3.05) is 44.3 Å². The predicted molar refractivity (Wildman–Crippen MR) is 94.4 cm³/mol. The van der Waals surface area contributed by atoms with Crippen molar-refractivity contribution < 1.29 is 9.84 Å². The minimum atomic E-state index is 0.237. The second-order valence-electron chi connectivity index (χ2n) is 6.94. The number of piperazine rings is 1. The van der Waals surface area contributed by atoms with Crippen molar-refractivity contribution in [1.29, 1.82) is 0 Å². The molecule has 1 saturated carbocycles. The molecule has 1 saturated heterocycles. The monoisotopic (exact) mass is 334 g/mol. The summed E-state index contributed by atoms with van der Waals surface area (Å²) in [6, 6.07) is 0.277. The lowest BCUT2D eigenvalue weighted by Crippen LogP contribution is -2.51. The van der Waals surface area contributed by atoms with Gasteiger partial charge in [0, 0.05) is 32.2 Å². The van der Waals surface area contributed by atoms with Crippen LogP contribution in [0.1, 0.15) is 39.0 Å². The average Bonchev–Trinajstić information content (AvgIpc) is 3.15. The molecule has 1 aromatic heterocycles. The van der Waals surface area contributed by atoms with E-state index in [1.54, 1.807) is 6.20 Å². The molecule has 0 radical (unpaired) electrons. The van der Waals surface area contributed by atoms with E-state index < -0.39 is 0 Å². The molecular weight excluding hydrogens is 304 g/mol. The maximum atomic E-state index is 9.45. The Morgan fingerprint density at radius 2 is 1.96 bits per heavy atom. The third-order valence-electron chi connectivity index (χ3n) is 5.38. The molecule has 1 N–H and O–H groups in total. The Kier molecular flexibility index (Phi) is 6.26. The van der Waals surface area contributed by atoms with Crippen LogP contribution in [0.2, 0.25) is 0 Å². The summed E-state index contributed by atoms with van der Waals surface area (Å²) in [5, 5.41) is 9.45. The Bertz CT molecular complexity index is 496. The third-order valence-corrected chi connectivity index (χ3v) is 5.38. The third kappa shape index (κ3) is 4.36. The van der Waals surface area contributed by atoms with Gasteiger partial charge >= 0.3 is 0 Å². The van der Waals surface area contributed by atoms with Crippen LogP contribution in [-0.2, 0) is 0 Å². The number of aliphatic hydroxyl groups excluding tert-OH is 1. The van der Waals surface area contributed by atoms with Crippen LogP contribution in [0, 0.1) is 5.92 Å². The van der Waals surface area contributed by atoms with E-state index in [1.165, 1.54) is 25.7 Å². The molecule has 0 amide bonds. The average molecular weight is 334 g/mol. The van der Waals surface area contributed by atoms with Crippen molar-refractivity contribution in [1.82, 2.24) is 14.9 Å². The molecular formula is C18H30N4O2. The van der Waals surface area contributed by atoms with Gasteiger partial charge in [0.05, 0.1) is 25.6 Å². The van der Waals surface area contributed by atoms with E-state index in [0.717, 1.165) is 45.0 Å². The van der Waals surface area contributed by atoms with Crippen molar-refractivity contribution in [2.45, 2.75) is 45.1 Å². The van der Waals surface area contributed by atoms with Gasteiger partial charge in [-0.25, -0.2) is 0 Å². The molecule has 1 aliphatic carbocycles. The number of rotatable bonds is 7. The van der Waals surface area contributed by atoms with Crippen molar-refractivity contribution in [3.8, 4) is 5.88 Å². The van der Waals surface area contributed by atoms with E-state index >= 15 is 0 Å². The van der Waals surface area contributed by atoms with Crippen molar-refractivity contribution in [3.63, 3.8) is 0 Å². The van der Waals surface area contributed by atoms with Gasteiger partial charge in [0.25, 0.3) is 0 Å². The van der Waals surface area contributed by atoms with Crippen molar-refractivity contribution in [2.24, 2.45) is 5.92 Å². The molecule has 1 unspecified atom stereocenters. The van der Waals surface area contributed by atoms with E-state index in [4.69, 9.17) is 4.74 Å². The fourth-order valence-corrected chi connectivity index (χ4v) is 3.76. The first-order valence-corrected chi connectivity index (χ1v) is 9.35. The highest BCUT2D eigenvalue weighted by atomic mass is 16.5. The van der Waals surface area contributed by atoms with E-state index in [9.17, 15) is 5.11 Å². The van der Waals surface area contributed by atoms with Gasteiger partial charge in [0.15, 0.2) is 5.82 Å². The van der Waals surface area contributed by atoms with E-state index in [-0.39, 0.29) is 12.6 Å². The molecule has 24 heavy (non-hydrogen) atoms. The summed E-state index contributed by atoms with van der Waals surface area (Å²) in [5.74, 6) is 2.22. The number of hydrogen-bond donors (Lipinski definition) is 1. The molecule has 3 rings (SSSR count). The quantitative estimate of drug-likeness (QED) is 0.822. The standard InChI is InChI=1S/C18H30N4O2/c1-2-16(13-23)21-7-9-22(10-8-21)17-11-19-12-18(20-17)24-14-15-5-3-4-6-15/h11-12,15-16,23H,2-10,13-14H2,1H3. The number of anilines is 1. The normalized spacial score (nSPS) is 21.2. The Hall–Kier alpha value is -1.40. The molecule has 134 valence electrons. The Labute approximate surface area is 144 Å². The van der Waals surface area contributed by atoms with Crippen LogP contribution in [0.5, 0.6) is 5.88 Å². The summed E-state index contributed by atoms with van der Waals surface area (Å²) in [6.45, 7) is 6.86. The fraction of sp³-hybridized carbons (Fsp3) is 0.778. The number of aromatic nitrogens is 2. The number of ether oxygens (including phenoxy) is 1. The molecule has 0 bridgehead atoms. The first-order valence-electron chi connectivity index (χ1n) is 9.35. The predicted octanol–water partition coefficient (Wildman–Crippen LogP) is 1.94. The first-order chi connectivity index (χ1) is 11.8. The first kappa shape index (κ1) is 17.4. The van der Waals surface area contributed by atoms with Crippen LogP contribution in [-0.4, -0.2) is 65.4 Å². The summed E-state index contributed by atoms with van der Waals surface area (Å²) in [5.41, 5.74) is 0. The molecule has 6 heteroatoms. The summed E-state index contributed by atoms with van der Waals surface area (Å²) in [6.07, 6.45) is 9.74. The number of aliphatic hydroxyl groups is 1. The molecule has 2 aliphatic rings. The van der Waals surface area contributed by atoms with Crippen LogP contribution in [0.25, 0.3) is 0 Å². The van der Waals surface area contributed by atoms with Gasteiger partial charge in [-0.1, -0.05) is 19.8 Å². The van der Waals surface area contributed by atoms with E-state index in [0.29, 0.717) is 11.8 Å². The van der Waals surface area contributed by atoms with Crippen molar-refractivity contribution in [3.05, 3.63) is 12.4 Å². The summed E-state index contributed by atoms with van der Waals surface area (Å²) in [7, 11) is 0. The van der Waals surface area contributed by atoms with E-state index in [1.807, 2.05) is 6.20 Å². The van der Waals surface area contributed by atoms with E-state index in [2.05, 4.69) is 26.7 Å². The minimum absolute atomic E-state index is 0.237. The van der Waals surface area contributed by atoms with Crippen LogP contribution in [0.3, 0.4) is 0 Å². The van der Waals surface area contributed by atoms with Crippen LogP contribution in [0.4, 0.5) is 5.82 Å². The second kappa shape index (κ2) is 8.62. The zero-order valence-electron chi connectivity index (χ0n) is 14.7. The zero-order valence-corrected chi connectivity index (χ0v) is 14.7. The number of hydrogen-bond acceptors (Lipinski definition) is 6. The second-order valence-corrected chi connectivity index (χ2v) is 6.94. The molecule has 0 aromatic carbocycles. The van der Waals surface area contributed by atoms with Gasteiger partial charge in [-0.2, -0.15) is 4.98 Å². The molecule has 0 spiro atoms. The maximum absolute atomic E-state index is 9.45. The molecule has 2 fully saturated rings. The molecule has 6 nitrogen and oxygen atoms in total. The Morgan fingerprint density at radius 3 is 2.62 bits per heavy atom. The smallest absolute Gasteiger partial charge is 0.234 e. The Morgan fingerprint density at radius 1 is 1.21 bits per heavy atom. The van der Waals surface area contributed by atoms with Gasteiger partial charge in [0.2, 0.25) is 5.88 Å². The Balaban J connectivity index is 1.52. The van der Waals surface area contributed by atoms with Gasteiger partial charge in [-0.3, -0.25) is 9.88 Å². The van der Waals surface area contributed by atoms with Gasteiger partial charge < -0.3 is 14.7 Å².